The molecule has 0 aromatic carbocycles. The third-order valence-corrected chi connectivity index (χ3v) is 7.68. The molecule has 11 atom stereocenters. The molecule has 0 spiro atoms. The smallest absolute Gasteiger partial charge is 0.344 e. The number of carbonyl (C=O) groups is 1. The summed E-state index contributed by atoms with van der Waals surface area (Å²) in [6.45, 7) is 2.77. The molecule has 2 fully saturated rings. The molecular weight excluding hydrogens is 428 g/mol. The maximum absolute atomic E-state index is 12.3. The minimum Gasteiger partial charge on any atom is -0.479 e. The highest BCUT2D eigenvalue weighted by atomic mass is 16.7. The van der Waals surface area contributed by atoms with Gasteiger partial charge >= 0.3 is 5.97 Å². The van der Waals surface area contributed by atoms with Crippen LogP contribution in [0.2, 0.25) is 0 Å². The van der Waals surface area contributed by atoms with Crippen LogP contribution in [0, 0.1) is 17.3 Å². The van der Waals surface area contributed by atoms with Crippen molar-refractivity contribution in [2.75, 3.05) is 6.61 Å². The molecule has 4 rings (SSSR count). The lowest BCUT2D eigenvalue weighted by atomic mass is 9.50. The number of hydrogen-bond acceptors (Lipinski definition) is 10. The summed E-state index contributed by atoms with van der Waals surface area (Å²) in [6, 6.07) is 1.45. The fourth-order valence-electron chi connectivity index (χ4n) is 5.97. The summed E-state index contributed by atoms with van der Waals surface area (Å²) in [4.78, 5) is 12.3. The average molecular weight is 458 g/mol. The zero-order valence-electron chi connectivity index (χ0n) is 17.7. The Labute approximate surface area is 183 Å². The number of carboxylic acids is 1. The molecule has 1 aliphatic heterocycles. The normalized spacial score (nSPS) is 48.7. The van der Waals surface area contributed by atoms with E-state index in [2.05, 4.69) is 0 Å². The molecule has 180 valence electrons. The van der Waals surface area contributed by atoms with Crippen molar-refractivity contribution in [3.8, 4) is 0 Å². The maximum Gasteiger partial charge on any atom is 0.344 e. The number of aliphatic carboxylic acids is 1. The Hall–Kier alpha value is -1.57. The van der Waals surface area contributed by atoms with Gasteiger partial charge in [-0.2, -0.15) is 0 Å². The highest BCUT2D eigenvalue weighted by Gasteiger charge is 2.67. The SMILES string of the molecule is C[C@H]1[C@H](O[C@@H]2O[C@H](CO)[C@@H](O)[C@H](O)[C@H]2O)CC[C@]2(C)[C@H](O)c3ccoc3[C@@](O)(C(=O)O)[C@@H]12. The first-order valence-electron chi connectivity index (χ1n) is 10.7. The van der Waals surface area contributed by atoms with Crippen LogP contribution in [0.3, 0.4) is 0 Å². The van der Waals surface area contributed by atoms with Crippen LogP contribution in [-0.2, 0) is 19.9 Å². The van der Waals surface area contributed by atoms with E-state index in [0.717, 1.165) is 0 Å². The predicted octanol–water partition coefficient (Wildman–Crippen LogP) is -1.16. The van der Waals surface area contributed by atoms with E-state index in [1.165, 1.54) is 12.3 Å². The first-order chi connectivity index (χ1) is 15.0. The summed E-state index contributed by atoms with van der Waals surface area (Å²) in [5, 5.41) is 72.2. The minimum absolute atomic E-state index is 0.222. The van der Waals surface area contributed by atoms with E-state index in [4.69, 9.17) is 13.9 Å². The van der Waals surface area contributed by atoms with Gasteiger partial charge in [0.25, 0.3) is 0 Å². The number of furan rings is 1. The first-order valence-corrected chi connectivity index (χ1v) is 10.7. The van der Waals surface area contributed by atoms with E-state index >= 15 is 0 Å². The van der Waals surface area contributed by atoms with Crippen molar-refractivity contribution in [1.29, 1.82) is 0 Å². The van der Waals surface area contributed by atoms with Crippen molar-refractivity contribution >= 4 is 5.97 Å². The lowest BCUT2D eigenvalue weighted by Crippen LogP contribution is -2.63. The molecule has 7 N–H and O–H groups in total. The van der Waals surface area contributed by atoms with Gasteiger partial charge in [0, 0.05) is 16.9 Å². The van der Waals surface area contributed by atoms with Crippen LogP contribution in [-0.4, -0.2) is 85.1 Å². The van der Waals surface area contributed by atoms with E-state index in [-0.39, 0.29) is 17.7 Å². The fraction of sp³-hybridized carbons (Fsp3) is 0.762. The molecule has 0 unspecified atom stereocenters. The van der Waals surface area contributed by atoms with Crippen LogP contribution in [0.1, 0.15) is 44.1 Å². The van der Waals surface area contributed by atoms with Gasteiger partial charge in [-0.15, -0.1) is 0 Å². The largest absolute Gasteiger partial charge is 0.479 e. The Morgan fingerprint density at radius 1 is 1.22 bits per heavy atom. The first kappa shape index (κ1) is 23.6. The fourth-order valence-corrected chi connectivity index (χ4v) is 5.97. The molecular formula is C21H30O11. The van der Waals surface area contributed by atoms with Crippen molar-refractivity contribution in [1.82, 2.24) is 0 Å². The molecule has 11 nitrogen and oxygen atoms in total. The zero-order chi connectivity index (χ0) is 23.6. The van der Waals surface area contributed by atoms with Gasteiger partial charge in [0.1, 0.15) is 24.4 Å². The zero-order valence-corrected chi connectivity index (χ0v) is 17.7. The summed E-state index contributed by atoms with van der Waals surface area (Å²) in [7, 11) is 0. The van der Waals surface area contributed by atoms with Gasteiger partial charge in [-0.05, 0) is 24.8 Å². The lowest BCUT2D eigenvalue weighted by Gasteiger charge is -2.57. The van der Waals surface area contributed by atoms with Crippen molar-refractivity contribution in [2.45, 2.75) is 75.2 Å². The Morgan fingerprint density at radius 3 is 2.53 bits per heavy atom. The average Bonchev–Trinajstić information content (AvgIpc) is 3.25. The highest BCUT2D eigenvalue weighted by molar-refractivity contribution is 5.80. The van der Waals surface area contributed by atoms with Crippen molar-refractivity contribution in [2.24, 2.45) is 17.3 Å². The summed E-state index contributed by atoms with van der Waals surface area (Å²) < 4.78 is 16.7. The van der Waals surface area contributed by atoms with Gasteiger partial charge in [-0.25, -0.2) is 4.79 Å². The number of aliphatic hydroxyl groups is 6. The number of fused-ring (bicyclic) bond motifs is 2. The molecule has 1 saturated carbocycles. The molecule has 3 aliphatic rings. The Balaban J connectivity index is 1.66. The van der Waals surface area contributed by atoms with E-state index in [1.807, 2.05) is 0 Å². The van der Waals surface area contributed by atoms with Gasteiger partial charge in [0.05, 0.1) is 25.1 Å². The van der Waals surface area contributed by atoms with Crippen LogP contribution < -0.4 is 0 Å². The van der Waals surface area contributed by atoms with E-state index in [0.29, 0.717) is 6.42 Å². The molecule has 1 aromatic heterocycles. The Bertz CT molecular complexity index is 855. The van der Waals surface area contributed by atoms with Gasteiger partial charge in [-0.3, -0.25) is 0 Å². The molecule has 11 heteroatoms. The highest BCUT2D eigenvalue weighted by Crippen LogP contribution is 2.63. The predicted molar refractivity (Wildman–Crippen MR) is 104 cm³/mol. The summed E-state index contributed by atoms with van der Waals surface area (Å²) in [6.07, 6.45) is -7.27. The molecule has 2 aliphatic carbocycles. The molecule has 2 heterocycles. The monoisotopic (exact) mass is 458 g/mol. The molecule has 0 bridgehead atoms. The number of ether oxygens (including phenoxy) is 2. The van der Waals surface area contributed by atoms with Crippen LogP contribution in [0.4, 0.5) is 0 Å². The van der Waals surface area contributed by atoms with Crippen LogP contribution in [0.25, 0.3) is 0 Å². The van der Waals surface area contributed by atoms with Crippen molar-refractivity contribution < 1.29 is 54.4 Å². The third-order valence-electron chi connectivity index (χ3n) is 7.68. The van der Waals surface area contributed by atoms with E-state index < -0.39 is 78.3 Å². The quantitative estimate of drug-likeness (QED) is 0.288. The van der Waals surface area contributed by atoms with Crippen molar-refractivity contribution in [3.05, 3.63) is 23.7 Å². The van der Waals surface area contributed by atoms with Crippen LogP contribution in [0.15, 0.2) is 16.7 Å². The Kier molecular flexibility index (Phi) is 5.92. The van der Waals surface area contributed by atoms with E-state index in [1.54, 1.807) is 13.8 Å². The molecule has 1 aromatic rings. The second-order valence-corrected chi connectivity index (χ2v) is 9.43. The Morgan fingerprint density at radius 2 is 1.91 bits per heavy atom. The minimum atomic E-state index is -2.43. The third kappa shape index (κ3) is 3.15. The van der Waals surface area contributed by atoms with Gasteiger partial charge in [0.15, 0.2) is 12.1 Å². The summed E-state index contributed by atoms with van der Waals surface area (Å²) in [5.41, 5.74) is -3.21. The molecule has 0 radical (unpaired) electrons. The molecule has 1 saturated heterocycles. The van der Waals surface area contributed by atoms with Gasteiger partial charge < -0.3 is 49.6 Å². The van der Waals surface area contributed by atoms with Crippen LogP contribution in [0.5, 0.6) is 0 Å². The standard InChI is InChI=1S/C21H30O11/c1-8-10(31-18-14(25)13(24)12(23)11(7-22)32-18)3-5-20(2)15(8)21(29,19(27)28)17-9(16(20)26)4-6-30-17/h4,6,8,10-16,18,22-26,29H,3,5,7H2,1-2H3,(H,27,28)/t8-,10+,11+,12+,13-,14+,15-,16+,18+,20-,21+/m0/s1. The topological polar surface area (TPSA) is 190 Å². The van der Waals surface area contributed by atoms with Gasteiger partial charge in [0.2, 0.25) is 5.60 Å². The number of aliphatic hydroxyl groups excluding tert-OH is 5. The molecule has 0 amide bonds. The van der Waals surface area contributed by atoms with Crippen LogP contribution >= 0.6 is 0 Å². The molecule has 32 heavy (non-hydrogen) atoms. The number of carboxylic acid groups (broad SMARTS) is 1. The van der Waals surface area contributed by atoms with Crippen molar-refractivity contribution in [3.63, 3.8) is 0 Å². The summed E-state index contributed by atoms with van der Waals surface area (Å²) >= 11 is 0. The lowest BCUT2D eigenvalue weighted by molar-refractivity contribution is -0.324. The second kappa shape index (κ2) is 8.03. The second-order valence-electron chi connectivity index (χ2n) is 9.43. The van der Waals surface area contributed by atoms with E-state index in [9.17, 15) is 40.5 Å². The van der Waals surface area contributed by atoms with Gasteiger partial charge in [-0.1, -0.05) is 13.8 Å². The number of rotatable bonds is 4. The maximum atomic E-state index is 12.3. The number of hydrogen-bond donors (Lipinski definition) is 7. The summed E-state index contributed by atoms with van der Waals surface area (Å²) in [5.74, 6) is -3.42.